The average molecular weight is 583 g/mol. The lowest BCUT2D eigenvalue weighted by Crippen LogP contribution is -2.51. The van der Waals surface area contributed by atoms with Crippen molar-refractivity contribution in [2.24, 2.45) is 41.4 Å². The number of aryl methyl sites for hydroxylation is 4. The minimum Gasteiger partial charge on any atom is -0.274 e. The molecule has 4 aliphatic carbocycles. The van der Waals surface area contributed by atoms with Crippen LogP contribution in [-0.2, 0) is 19.2 Å². The second-order valence-electron chi connectivity index (χ2n) is 13.3. The first-order valence-corrected chi connectivity index (χ1v) is 15.5. The summed E-state index contributed by atoms with van der Waals surface area (Å²) in [6.07, 6.45) is 4.60. The predicted molar refractivity (Wildman–Crippen MR) is 168 cm³/mol. The number of allylic oxidation sites excluding steroid dienone is 4. The lowest BCUT2D eigenvalue weighted by molar-refractivity contribution is -0.129. The number of anilines is 2. The predicted octanol–water partition coefficient (Wildman–Crippen LogP) is 6.12. The van der Waals surface area contributed by atoms with E-state index in [-0.39, 0.29) is 41.4 Å². The summed E-state index contributed by atoms with van der Waals surface area (Å²) in [5.41, 5.74) is 8.28. The maximum atomic E-state index is 14.5. The molecule has 2 heterocycles. The van der Waals surface area contributed by atoms with Crippen molar-refractivity contribution in [3.63, 3.8) is 0 Å². The summed E-state index contributed by atoms with van der Waals surface area (Å²) in [6, 6.07) is 21.6. The van der Waals surface area contributed by atoms with Crippen molar-refractivity contribution in [2.45, 2.75) is 34.1 Å². The van der Waals surface area contributed by atoms with Crippen LogP contribution < -0.4 is 9.80 Å². The quantitative estimate of drug-likeness (QED) is 0.276. The minimum absolute atomic E-state index is 0.169. The van der Waals surface area contributed by atoms with Gasteiger partial charge in [-0.15, -0.1) is 0 Å². The van der Waals surface area contributed by atoms with E-state index in [0.717, 1.165) is 39.0 Å². The van der Waals surface area contributed by atoms with Crippen LogP contribution in [0.2, 0.25) is 0 Å². The largest absolute Gasteiger partial charge is 0.274 e. The highest BCUT2D eigenvalue weighted by Gasteiger charge is 2.67. The van der Waals surface area contributed by atoms with Crippen molar-refractivity contribution in [2.75, 3.05) is 9.80 Å². The second-order valence-corrected chi connectivity index (χ2v) is 13.3. The Morgan fingerprint density at radius 2 is 1.16 bits per heavy atom. The molecule has 9 rings (SSSR count). The van der Waals surface area contributed by atoms with Crippen molar-refractivity contribution in [1.82, 2.24) is 0 Å². The number of fused-ring (bicyclic) bond motifs is 1. The molecule has 6 heteroatoms. The molecule has 3 fully saturated rings. The van der Waals surface area contributed by atoms with Crippen molar-refractivity contribution in [3.05, 3.63) is 112 Å². The van der Waals surface area contributed by atoms with Gasteiger partial charge in [-0.1, -0.05) is 83.4 Å². The van der Waals surface area contributed by atoms with E-state index < -0.39 is 23.7 Å². The van der Waals surface area contributed by atoms with Crippen LogP contribution in [0.1, 0.15) is 34.2 Å². The number of imide groups is 2. The third kappa shape index (κ3) is 3.54. The topological polar surface area (TPSA) is 74.8 Å². The molecular formula is C38H34N2O4. The molecule has 2 bridgehead atoms. The molecule has 3 aromatic rings. The van der Waals surface area contributed by atoms with Gasteiger partial charge in [0.05, 0.1) is 35.0 Å². The van der Waals surface area contributed by atoms with E-state index in [1.165, 1.54) is 9.80 Å². The summed E-state index contributed by atoms with van der Waals surface area (Å²) in [5.74, 6) is -3.93. The van der Waals surface area contributed by atoms with Gasteiger partial charge in [-0.05, 0) is 74.4 Å². The van der Waals surface area contributed by atoms with Crippen LogP contribution in [-0.4, -0.2) is 23.6 Å². The van der Waals surface area contributed by atoms with Crippen molar-refractivity contribution in [1.29, 1.82) is 0 Å². The fourth-order valence-corrected chi connectivity index (χ4v) is 9.10. The third-order valence-corrected chi connectivity index (χ3v) is 10.8. The first kappa shape index (κ1) is 27.0. The number of nitrogens with zero attached hydrogens (tertiary/aromatic N) is 2. The van der Waals surface area contributed by atoms with Crippen LogP contribution >= 0.6 is 0 Å². The molecule has 2 aliphatic heterocycles. The van der Waals surface area contributed by atoms with Gasteiger partial charge < -0.3 is 0 Å². The molecule has 4 amide bonds. The molecule has 0 radical (unpaired) electrons. The number of amides is 4. The van der Waals surface area contributed by atoms with E-state index in [1.54, 1.807) is 0 Å². The molecule has 2 saturated heterocycles. The van der Waals surface area contributed by atoms with E-state index in [2.05, 4.69) is 24.3 Å². The fraction of sp³-hybridized carbons (Fsp3) is 0.316. The van der Waals surface area contributed by atoms with Crippen LogP contribution in [0, 0.1) is 69.1 Å². The number of carbonyl (C=O) groups excluding carboxylic acids is 4. The van der Waals surface area contributed by atoms with Gasteiger partial charge in [-0.2, -0.15) is 0 Å². The molecule has 7 atom stereocenters. The molecule has 6 nitrogen and oxygen atoms in total. The second kappa shape index (κ2) is 9.46. The average Bonchev–Trinajstić information content (AvgIpc) is 3.43. The zero-order chi connectivity index (χ0) is 30.6. The maximum Gasteiger partial charge on any atom is 0.238 e. The monoisotopic (exact) mass is 582 g/mol. The van der Waals surface area contributed by atoms with Crippen LogP contribution in [0.4, 0.5) is 11.4 Å². The number of carbonyl (C=O) groups is 4. The van der Waals surface area contributed by atoms with E-state index in [0.29, 0.717) is 17.8 Å². The van der Waals surface area contributed by atoms with Gasteiger partial charge in [0.2, 0.25) is 23.6 Å². The molecular weight excluding hydrogens is 548 g/mol. The van der Waals surface area contributed by atoms with E-state index in [9.17, 15) is 19.2 Å². The summed E-state index contributed by atoms with van der Waals surface area (Å²) < 4.78 is 0. The van der Waals surface area contributed by atoms with Gasteiger partial charge >= 0.3 is 0 Å². The molecule has 44 heavy (non-hydrogen) atoms. The Morgan fingerprint density at radius 3 is 1.77 bits per heavy atom. The number of rotatable bonds is 3. The Morgan fingerprint density at radius 1 is 0.591 bits per heavy atom. The van der Waals surface area contributed by atoms with Crippen molar-refractivity contribution >= 4 is 40.6 Å². The SMILES string of the molecule is Cc1ccc(N2C(=O)[C@H]3[C@@H]4C=C[C@H](C5=C(c6ccccc6)C[C@H]6C(=O)N(c7ccc(C)cc7C)C(=O)[C@H]6[C@H]54)[C@H]3C2=O)c(C)c1. The smallest absolute Gasteiger partial charge is 0.238 e. The van der Waals surface area contributed by atoms with E-state index in [4.69, 9.17) is 0 Å². The van der Waals surface area contributed by atoms with Crippen LogP contribution in [0.15, 0.2) is 84.5 Å². The van der Waals surface area contributed by atoms with Gasteiger partial charge in [0.25, 0.3) is 0 Å². The van der Waals surface area contributed by atoms with Crippen molar-refractivity contribution in [3.8, 4) is 0 Å². The summed E-state index contributed by atoms with van der Waals surface area (Å²) in [7, 11) is 0. The van der Waals surface area contributed by atoms with Crippen LogP contribution in [0.5, 0.6) is 0 Å². The van der Waals surface area contributed by atoms with Crippen LogP contribution in [0.25, 0.3) is 5.57 Å². The van der Waals surface area contributed by atoms with Gasteiger partial charge in [0.15, 0.2) is 0 Å². The third-order valence-electron chi connectivity index (χ3n) is 10.8. The Hall–Kier alpha value is -4.58. The molecule has 0 N–H and O–H groups in total. The molecule has 6 aliphatic rings. The molecule has 0 aromatic heterocycles. The van der Waals surface area contributed by atoms with E-state index >= 15 is 0 Å². The van der Waals surface area contributed by atoms with Crippen LogP contribution in [0.3, 0.4) is 0 Å². The lowest BCUT2D eigenvalue weighted by Gasteiger charge is -2.51. The standard InChI is InChI=1S/C38H34N2O4/c1-19-10-14-28(21(3)16-19)39-35(41)27-18-26(23-8-6-5-7-9-23)30-24-12-13-25(31(30)34(27)38(39)44)33-32(24)36(42)40(37(33)43)29-15-11-20(2)17-22(29)4/h5-17,24-25,27,31-34H,18H2,1-4H3/t24-,25-,27-,31+,32-,33+,34-/m1/s1. The summed E-state index contributed by atoms with van der Waals surface area (Å²) in [4.78, 5) is 60.0. The Labute approximate surface area is 257 Å². The van der Waals surface area contributed by atoms with Gasteiger partial charge in [0.1, 0.15) is 0 Å². The Balaban J connectivity index is 1.29. The number of hydrogen-bond acceptors (Lipinski definition) is 4. The van der Waals surface area contributed by atoms with E-state index in [1.807, 2.05) is 82.3 Å². The highest BCUT2D eigenvalue weighted by molar-refractivity contribution is 6.25. The molecule has 0 unspecified atom stereocenters. The summed E-state index contributed by atoms with van der Waals surface area (Å²) >= 11 is 0. The zero-order valence-corrected chi connectivity index (χ0v) is 25.3. The molecule has 0 spiro atoms. The molecule has 3 aromatic carbocycles. The number of benzene rings is 3. The van der Waals surface area contributed by atoms with Crippen molar-refractivity contribution < 1.29 is 19.2 Å². The highest BCUT2D eigenvalue weighted by Crippen LogP contribution is 2.63. The fourth-order valence-electron chi connectivity index (χ4n) is 9.10. The highest BCUT2D eigenvalue weighted by atomic mass is 16.2. The van der Waals surface area contributed by atoms with Gasteiger partial charge in [-0.25, -0.2) is 9.80 Å². The number of hydrogen-bond donors (Lipinski definition) is 0. The summed E-state index contributed by atoms with van der Waals surface area (Å²) in [6.45, 7) is 7.86. The molecule has 220 valence electrons. The Bertz CT molecular complexity index is 1870. The molecule has 1 saturated carbocycles. The Kier molecular flexibility index (Phi) is 5.80. The van der Waals surface area contributed by atoms with Gasteiger partial charge in [-0.3, -0.25) is 19.2 Å². The zero-order valence-electron chi connectivity index (χ0n) is 25.3. The van der Waals surface area contributed by atoms with Gasteiger partial charge in [0, 0.05) is 11.8 Å². The maximum absolute atomic E-state index is 14.5. The summed E-state index contributed by atoms with van der Waals surface area (Å²) in [5, 5.41) is 0. The lowest BCUT2D eigenvalue weighted by atomic mass is 9.49. The normalized spacial score (nSPS) is 30.3. The first-order chi connectivity index (χ1) is 21.2. The minimum atomic E-state index is -0.581. The first-order valence-electron chi connectivity index (χ1n) is 15.5.